The van der Waals surface area contributed by atoms with E-state index in [-0.39, 0.29) is 24.8 Å². The molecule has 2 N–H and O–H groups in total. The number of hydrogen-bond acceptors (Lipinski definition) is 6. The average molecular weight is 522 g/mol. The zero-order valence-corrected chi connectivity index (χ0v) is 22.4. The maximum absolute atomic E-state index is 13.7. The van der Waals surface area contributed by atoms with Crippen molar-refractivity contribution in [3.05, 3.63) is 83.4 Å². The molecule has 3 atom stereocenters. The second-order valence-corrected chi connectivity index (χ2v) is 8.98. The molecule has 8 heteroatoms. The minimum Gasteiger partial charge on any atom is -0.493 e. The number of aliphatic carboxylic acids is 1. The number of ether oxygens (including phenoxy) is 4. The van der Waals surface area contributed by atoms with Crippen molar-refractivity contribution in [2.24, 2.45) is 11.8 Å². The predicted octanol–water partition coefficient (Wildman–Crippen LogP) is 4.70. The Hall–Kier alpha value is -4.20. The third-order valence-corrected chi connectivity index (χ3v) is 6.61. The second kappa shape index (κ2) is 13.4. The molecule has 3 aromatic carbocycles. The number of rotatable bonds is 13. The molecule has 202 valence electrons. The molecule has 1 amide bonds. The van der Waals surface area contributed by atoms with Crippen LogP contribution in [0.25, 0.3) is 0 Å². The summed E-state index contributed by atoms with van der Waals surface area (Å²) in [6.45, 7) is 1.88. The van der Waals surface area contributed by atoms with Crippen LogP contribution in [0.4, 0.5) is 0 Å². The zero-order chi connectivity index (χ0) is 27.7. The maximum Gasteiger partial charge on any atom is 0.307 e. The van der Waals surface area contributed by atoms with E-state index in [0.717, 1.165) is 16.7 Å². The summed E-state index contributed by atoms with van der Waals surface area (Å²) in [5, 5.41) is 13.3. The quantitative estimate of drug-likeness (QED) is 0.336. The van der Waals surface area contributed by atoms with Crippen molar-refractivity contribution < 1.29 is 33.6 Å². The van der Waals surface area contributed by atoms with E-state index in [0.29, 0.717) is 23.0 Å². The van der Waals surface area contributed by atoms with Crippen LogP contribution in [0.15, 0.2) is 66.7 Å². The lowest BCUT2D eigenvalue weighted by molar-refractivity contribution is -0.147. The number of carboxylic acid groups (broad SMARTS) is 1. The number of carbonyl (C=O) groups excluding carboxylic acids is 1. The third kappa shape index (κ3) is 6.97. The smallest absolute Gasteiger partial charge is 0.307 e. The molecule has 0 radical (unpaired) electrons. The lowest BCUT2D eigenvalue weighted by Crippen LogP contribution is -2.41. The van der Waals surface area contributed by atoms with Gasteiger partial charge in [-0.3, -0.25) is 9.59 Å². The first-order chi connectivity index (χ1) is 18.3. The Kier molecular flexibility index (Phi) is 9.99. The van der Waals surface area contributed by atoms with E-state index in [9.17, 15) is 14.7 Å². The average Bonchev–Trinajstić information content (AvgIpc) is 2.94. The molecule has 3 aromatic rings. The van der Waals surface area contributed by atoms with Gasteiger partial charge < -0.3 is 29.4 Å². The highest BCUT2D eigenvalue weighted by molar-refractivity contribution is 5.85. The predicted molar refractivity (Wildman–Crippen MR) is 144 cm³/mol. The molecule has 0 fully saturated rings. The van der Waals surface area contributed by atoms with Gasteiger partial charge in [-0.1, -0.05) is 42.5 Å². The van der Waals surface area contributed by atoms with Crippen LogP contribution < -0.4 is 24.3 Å². The highest BCUT2D eigenvalue weighted by atomic mass is 16.5. The zero-order valence-electron chi connectivity index (χ0n) is 22.4. The molecule has 0 spiro atoms. The normalized spacial score (nSPS) is 13.1. The molecule has 0 unspecified atom stereocenters. The number of nitrogens with one attached hydrogen (secondary N) is 1. The van der Waals surface area contributed by atoms with E-state index < -0.39 is 17.8 Å². The van der Waals surface area contributed by atoms with Crippen molar-refractivity contribution >= 4 is 11.9 Å². The van der Waals surface area contributed by atoms with Gasteiger partial charge >= 0.3 is 5.97 Å². The monoisotopic (exact) mass is 521 g/mol. The topological polar surface area (TPSA) is 103 Å². The molecule has 0 aliphatic carbocycles. The van der Waals surface area contributed by atoms with Gasteiger partial charge in [0, 0.05) is 0 Å². The Morgan fingerprint density at radius 2 is 1.18 bits per heavy atom. The first-order valence-electron chi connectivity index (χ1n) is 12.3. The molecule has 3 rings (SSSR count). The van der Waals surface area contributed by atoms with Crippen LogP contribution in [0.5, 0.6) is 23.0 Å². The van der Waals surface area contributed by atoms with Gasteiger partial charge in [-0.25, -0.2) is 0 Å². The van der Waals surface area contributed by atoms with Crippen LogP contribution in [0.3, 0.4) is 0 Å². The molecule has 0 saturated heterocycles. The highest BCUT2D eigenvalue weighted by Gasteiger charge is 2.35. The van der Waals surface area contributed by atoms with Crippen molar-refractivity contribution in [1.82, 2.24) is 5.32 Å². The first-order valence-corrected chi connectivity index (χ1v) is 12.3. The molecule has 38 heavy (non-hydrogen) atoms. The number of hydrogen-bond donors (Lipinski definition) is 2. The Labute approximate surface area is 223 Å². The second-order valence-electron chi connectivity index (χ2n) is 8.98. The van der Waals surface area contributed by atoms with E-state index in [1.54, 1.807) is 37.4 Å². The summed E-state index contributed by atoms with van der Waals surface area (Å²) >= 11 is 0. The number of amides is 1. The number of carboxylic acids is 1. The Bertz CT molecular complexity index is 1230. The standard InChI is InChI=1S/C30H35NO7/c1-19(22-9-7-6-8-10-22)31-29(32)23(15-20-11-13-25(35-2)27(17-20)37-4)24(30(33)34)16-21-12-14-26(36-3)28(18-21)38-5/h6-14,17-19,23-24H,15-16H2,1-5H3,(H,31,32)(H,33,34)/t19-,23+,24-/m1/s1. The molecule has 0 bridgehead atoms. The molecule has 0 aliphatic heterocycles. The van der Waals surface area contributed by atoms with Crippen LogP contribution in [0, 0.1) is 11.8 Å². The van der Waals surface area contributed by atoms with Crippen LogP contribution >= 0.6 is 0 Å². The van der Waals surface area contributed by atoms with E-state index >= 15 is 0 Å². The van der Waals surface area contributed by atoms with E-state index in [4.69, 9.17) is 18.9 Å². The van der Waals surface area contributed by atoms with E-state index in [1.807, 2.05) is 43.3 Å². The molecule has 8 nitrogen and oxygen atoms in total. The van der Waals surface area contributed by atoms with Gasteiger partial charge in [0.05, 0.1) is 46.3 Å². The fraction of sp³-hybridized carbons (Fsp3) is 0.333. The summed E-state index contributed by atoms with van der Waals surface area (Å²) < 4.78 is 21.5. The molecule has 0 aliphatic rings. The number of methoxy groups -OCH3 is 4. The summed E-state index contributed by atoms with van der Waals surface area (Å²) in [6, 6.07) is 19.8. The summed E-state index contributed by atoms with van der Waals surface area (Å²) in [7, 11) is 6.14. The molecule has 0 aromatic heterocycles. The summed E-state index contributed by atoms with van der Waals surface area (Å²) in [5.41, 5.74) is 2.41. The van der Waals surface area contributed by atoms with Crippen molar-refractivity contribution in [1.29, 1.82) is 0 Å². The lowest BCUT2D eigenvalue weighted by Gasteiger charge is -2.26. The third-order valence-electron chi connectivity index (χ3n) is 6.61. The van der Waals surface area contributed by atoms with Crippen molar-refractivity contribution in [2.45, 2.75) is 25.8 Å². The summed E-state index contributed by atoms with van der Waals surface area (Å²) in [6.07, 6.45) is 0.318. The Balaban J connectivity index is 1.96. The lowest BCUT2D eigenvalue weighted by atomic mass is 9.81. The molecule has 0 saturated carbocycles. The van der Waals surface area contributed by atoms with Crippen LogP contribution in [0.2, 0.25) is 0 Å². The maximum atomic E-state index is 13.7. The molecular formula is C30H35NO7. The summed E-state index contributed by atoms with van der Waals surface area (Å²) in [5.74, 6) is -1.19. The van der Waals surface area contributed by atoms with Gasteiger partial charge in [0.25, 0.3) is 0 Å². The summed E-state index contributed by atoms with van der Waals surface area (Å²) in [4.78, 5) is 26.3. The van der Waals surface area contributed by atoms with Crippen LogP contribution in [-0.2, 0) is 22.4 Å². The van der Waals surface area contributed by atoms with Gasteiger partial charge in [-0.2, -0.15) is 0 Å². The van der Waals surface area contributed by atoms with E-state index in [2.05, 4.69) is 5.32 Å². The molecule has 0 heterocycles. The number of benzene rings is 3. The van der Waals surface area contributed by atoms with Gasteiger partial charge in [0.1, 0.15) is 0 Å². The van der Waals surface area contributed by atoms with Crippen molar-refractivity contribution in [3.8, 4) is 23.0 Å². The van der Waals surface area contributed by atoms with E-state index in [1.165, 1.54) is 21.3 Å². The fourth-order valence-electron chi connectivity index (χ4n) is 4.49. The SMILES string of the molecule is COc1ccc(C[C@H](C(=O)N[C@H](C)c2ccccc2)[C@@H](Cc2ccc(OC)c(OC)c2)C(=O)O)cc1OC. The Morgan fingerprint density at radius 1 is 0.711 bits per heavy atom. The molecular weight excluding hydrogens is 486 g/mol. The first kappa shape index (κ1) is 28.4. The van der Waals surface area contributed by atoms with Gasteiger partial charge in [-0.05, 0) is 60.7 Å². The van der Waals surface area contributed by atoms with Gasteiger partial charge in [-0.15, -0.1) is 0 Å². The minimum atomic E-state index is -1.06. The van der Waals surface area contributed by atoms with Gasteiger partial charge in [0.2, 0.25) is 5.91 Å². The number of carbonyl (C=O) groups is 2. The van der Waals surface area contributed by atoms with Crippen LogP contribution in [0.1, 0.15) is 29.7 Å². The van der Waals surface area contributed by atoms with Crippen molar-refractivity contribution in [3.63, 3.8) is 0 Å². The minimum absolute atomic E-state index is 0.126. The van der Waals surface area contributed by atoms with Crippen LogP contribution in [-0.4, -0.2) is 45.4 Å². The Morgan fingerprint density at radius 3 is 1.63 bits per heavy atom. The van der Waals surface area contributed by atoms with Crippen molar-refractivity contribution in [2.75, 3.05) is 28.4 Å². The highest BCUT2D eigenvalue weighted by Crippen LogP contribution is 2.33. The largest absolute Gasteiger partial charge is 0.493 e. The van der Waals surface area contributed by atoms with Gasteiger partial charge in [0.15, 0.2) is 23.0 Å². The fourth-order valence-corrected chi connectivity index (χ4v) is 4.49.